The number of amides is 2. The number of hydrogen-bond acceptors (Lipinski definition) is 4. The highest BCUT2D eigenvalue weighted by Gasteiger charge is 2.16. The van der Waals surface area contributed by atoms with Crippen molar-refractivity contribution < 1.29 is 9.53 Å². The molecule has 0 spiro atoms. The first-order chi connectivity index (χ1) is 11.2. The molecule has 0 radical (unpaired) electrons. The molecule has 1 aliphatic rings. The molecular weight excluding hydrogens is 294 g/mol. The Morgan fingerprint density at radius 1 is 1.48 bits per heavy atom. The van der Waals surface area contributed by atoms with Crippen LogP contribution in [0.4, 0.5) is 4.79 Å². The van der Waals surface area contributed by atoms with Crippen LogP contribution in [0.15, 0.2) is 30.7 Å². The van der Waals surface area contributed by atoms with Gasteiger partial charge in [-0.3, -0.25) is 9.67 Å². The molecule has 1 unspecified atom stereocenters. The summed E-state index contributed by atoms with van der Waals surface area (Å²) < 4.78 is 7.22. The van der Waals surface area contributed by atoms with Gasteiger partial charge in [0.05, 0.1) is 18.0 Å². The van der Waals surface area contributed by atoms with Crippen molar-refractivity contribution in [3.05, 3.63) is 36.3 Å². The van der Waals surface area contributed by atoms with E-state index < -0.39 is 0 Å². The van der Waals surface area contributed by atoms with Gasteiger partial charge < -0.3 is 15.4 Å². The average Bonchev–Trinajstić information content (AvgIpc) is 3.22. The second kappa shape index (κ2) is 7.23. The lowest BCUT2D eigenvalue weighted by Crippen LogP contribution is -2.39. The third kappa shape index (κ3) is 4.07. The van der Waals surface area contributed by atoms with Crippen LogP contribution in [-0.2, 0) is 18.3 Å². The summed E-state index contributed by atoms with van der Waals surface area (Å²) in [5, 5.41) is 9.88. The van der Waals surface area contributed by atoms with Crippen LogP contribution >= 0.6 is 0 Å². The predicted octanol–water partition coefficient (Wildman–Crippen LogP) is 1.46. The zero-order valence-corrected chi connectivity index (χ0v) is 13.2. The molecule has 0 aromatic carbocycles. The van der Waals surface area contributed by atoms with Gasteiger partial charge in [-0.25, -0.2) is 4.79 Å². The van der Waals surface area contributed by atoms with Gasteiger partial charge in [0.15, 0.2) is 0 Å². The Morgan fingerprint density at radius 2 is 2.39 bits per heavy atom. The van der Waals surface area contributed by atoms with Crippen LogP contribution in [0.1, 0.15) is 18.4 Å². The van der Waals surface area contributed by atoms with Gasteiger partial charge in [-0.1, -0.05) is 6.07 Å². The van der Waals surface area contributed by atoms with E-state index in [1.54, 1.807) is 17.1 Å². The summed E-state index contributed by atoms with van der Waals surface area (Å²) in [7, 11) is 1.86. The van der Waals surface area contributed by atoms with Crippen LogP contribution < -0.4 is 10.6 Å². The molecular formula is C16H21N5O2. The van der Waals surface area contributed by atoms with Crippen molar-refractivity contribution in [1.29, 1.82) is 0 Å². The Labute approximate surface area is 135 Å². The number of rotatable bonds is 5. The van der Waals surface area contributed by atoms with E-state index in [0.29, 0.717) is 13.1 Å². The summed E-state index contributed by atoms with van der Waals surface area (Å²) in [6.45, 7) is 1.75. The van der Waals surface area contributed by atoms with Crippen LogP contribution in [0.5, 0.6) is 0 Å². The number of aromatic nitrogens is 3. The third-order valence-electron chi connectivity index (χ3n) is 3.82. The summed E-state index contributed by atoms with van der Waals surface area (Å²) in [6, 6.07) is 3.62. The number of pyridine rings is 1. The van der Waals surface area contributed by atoms with Gasteiger partial charge in [0.25, 0.3) is 0 Å². The molecule has 2 aromatic heterocycles. The fourth-order valence-corrected chi connectivity index (χ4v) is 2.63. The quantitative estimate of drug-likeness (QED) is 0.875. The van der Waals surface area contributed by atoms with Gasteiger partial charge in [-0.05, 0) is 24.5 Å². The Balaban J connectivity index is 1.56. The van der Waals surface area contributed by atoms with Crippen molar-refractivity contribution in [1.82, 2.24) is 25.4 Å². The summed E-state index contributed by atoms with van der Waals surface area (Å²) >= 11 is 0. The molecule has 23 heavy (non-hydrogen) atoms. The average molecular weight is 315 g/mol. The monoisotopic (exact) mass is 315 g/mol. The number of urea groups is 1. The topological polar surface area (TPSA) is 81.1 Å². The molecule has 2 amide bonds. The van der Waals surface area contributed by atoms with E-state index in [1.807, 2.05) is 25.4 Å². The molecule has 1 aliphatic heterocycles. The number of carbonyl (C=O) groups is 1. The van der Waals surface area contributed by atoms with E-state index in [1.165, 1.54) is 0 Å². The van der Waals surface area contributed by atoms with Crippen molar-refractivity contribution in [2.75, 3.05) is 13.2 Å². The van der Waals surface area contributed by atoms with Crippen LogP contribution in [0.25, 0.3) is 11.3 Å². The second-order valence-electron chi connectivity index (χ2n) is 5.61. The highest BCUT2D eigenvalue weighted by molar-refractivity contribution is 5.74. The maximum Gasteiger partial charge on any atom is 0.315 e. The van der Waals surface area contributed by atoms with E-state index in [0.717, 1.165) is 36.3 Å². The SMILES string of the molecule is Cn1cc(-c2ncccc2CNC(=O)NCC2CCCO2)cn1. The molecule has 0 bridgehead atoms. The standard InChI is InChI=1S/C16H21N5O2/c1-21-11-13(9-20-21)15-12(4-2-6-17-15)8-18-16(22)19-10-14-5-3-7-23-14/h2,4,6,9,11,14H,3,5,7-8,10H2,1H3,(H2,18,19,22). The molecule has 1 saturated heterocycles. The Hall–Kier alpha value is -2.41. The Morgan fingerprint density at radius 3 is 3.13 bits per heavy atom. The summed E-state index contributed by atoms with van der Waals surface area (Å²) in [5.74, 6) is 0. The van der Waals surface area contributed by atoms with E-state index >= 15 is 0 Å². The smallest absolute Gasteiger partial charge is 0.315 e. The van der Waals surface area contributed by atoms with Crippen LogP contribution in [-0.4, -0.2) is 40.1 Å². The highest BCUT2D eigenvalue weighted by atomic mass is 16.5. The molecule has 1 fully saturated rings. The summed E-state index contributed by atoms with van der Waals surface area (Å²) in [6.07, 6.45) is 7.63. The molecule has 7 heteroatoms. The number of ether oxygens (including phenoxy) is 1. The van der Waals surface area contributed by atoms with Crippen molar-refractivity contribution in [3.63, 3.8) is 0 Å². The van der Waals surface area contributed by atoms with Crippen molar-refractivity contribution >= 4 is 6.03 Å². The minimum Gasteiger partial charge on any atom is -0.376 e. The molecule has 7 nitrogen and oxygen atoms in total. The van der Waals surface area contributed by atoms with Gasteiger partial charge in [0, 0.05) is 44.7 Å². The first-order valence-corrected chi connectivity index (χ1v) is 7.78. The number of aryl methyl sites for hydroxylation is 1. The van der Waals surface area contributed by atoms with Crippen LogP contribution in [0.3, 0.4) is 0 Å². The van der Waals surface area contributed by atoms with Crippen molar-refractivity contribution in [3.8, 4) is 11.3 Å². The maximum atomic E-state index is 11.9. The lowest BCUT2D eigenvalue weighted by atomic mass is 10.1. The van der Waals surface area contributed by atoms with Crippen LogP contribution in [0.2, 0.25) is 0 Å². The molecule has 122 valence electrons. The zero-order valence-electron chi connectivity index (χ0n) is 13.2. The number of carbonyl (C=O) groups excluding carboxylic acids is 1. The molecule has 0 saturated carbocycles. The third-order valence-corrected chi connectivity index (χ3v) is 3.82. The number of hydrogen-bond donors (Lipinski definition) is 2. The Bertz CT molecular complexity index is 664. The van der Waals surface area contributed by atoms with Gasteiger partial charge in [-0.15, -0.1) is 0 Å². The molecule has 0 aliphatic carbocycles. The fraction of sp³-hybridized carbons (Fsp3) is 0.438. The minimum absolute atomic E-state index is 0.144. The van der Waals surface area contributed by atoms with Gasteiger partial charge >= 0.3 is 6.03 Å². The van der Waals surface area contributed by atoms with E-state index in [-0.39, 0.29) is 12.1 Å². The largest absolute Gasteiger partial charge is 0.376 e. The maximum absolute atomic E-state index is 11.9. The lowest BCUT2D eigenvalue weighted by molar-refractivity contribution is 0.111. The minimum atomic E-state index is -0.193. The molecule has 2 aromatic rings. The molecule has 1 atom stereocenters. The molecule has 3 heterocycles. The summed E-state index contributed by atoms with van der Waals surface area (Å²) in [4.78, 5) is 16.3. The van der Waals surface area contributed by atoms with E-state index in [9.17, 15) is 4.79 Å². The second-order valence-corrected chi connectivity index (χ2v) is 5.61. The lowest BCUT2D eigenvalue weighted by Gasteiger charge is -2.12. The normalized spacial score (nSPS) is 17.2. The van der Waals surface area contributed by atoms with Gasteiger partial charge in [0.1, 0.15) is 0 Å². The van der Waals surface area contributed by atoms with Gasteiger partial charge in [-0.2, -0.15) is 5.10 Å². The molecule has 3 rings (SSSR count). The van der Waals surface area contributed by atoms with Crippen LogP contribution in [0, 0.1) is 0 Å². The van der Waals surface area contributed by atoms with E-state index in [4.69, 9.17) is 4.74 Å². The first-order valence-electron chi connectivity index (χ1n) is 7.78. The van der Waals surface area contributed by atoms with Gasteiger partial charge in [0.2, 0.25) is 0 Å². The highest BCUT2D eigenvalue weighted by Crippen LogP contribution is 2.20. The predicted molar refractivity (Wildman–Crippen MR) is 85.7 cm³/mol. The molecule has 2 N–H and O–H groups in total. The van der Waals surface area contributed by atoms with Crippen molar-refractivity contribution in [2.24, 2.45) is 7.05 Å². The number of nitrogens with one attached hydrogen (secondary N) is 2. The summed E-state index contributed by atoms with van der Waals surface area (Å²) in [5.41, 5.74) is 2.72. The zero-order chi connectivity index (χ0) is 16.1. The first kappa shape index (κ1) is 15.5. The van der Waals surface area contributed by atoms with Crippen molar-refractivity contribution in [2.45, 2.75) is 25.5 Å². The van der Waals surface area contributed by atoms with E-state index in [2.05, 4.69) is 20.7 Å². The fourth-order valence-electron chi connectivity index (χ4n) is 2.63. The number of nitrogens with zero attached hydrogens (tertiary/aromatic N) is 3. The Kier molecular flexibility index (Phi) is 4.87.